The molecule has 94 valence electrons. The molecule has 0 radical (unpaired) electrons. The molecule has 0 saturated carbocycles. The summed E-state index contributed by atoms with van der Waals surface area (Å²) in [5.74, 6) is -0.388. The minimum Gasteiger partial charge on any atom is -0.305 e. The van der Waals surface area contributed by atoms with Crippen LogP contribution in [0.1, 0.15) is 24.2 Å². The zero-order valence-electron chi connectivity index (χ0n) is 10.0. The maximum atomic E-state index is 13.3. The van der Waals surface area contributed by atoms with Crippen LogP contribution in [0.3, 0.4) is 0 Å². The zero-order chi connectivity index (χ0) is 13.0. The number of halogens is 2. The van der Waals surface area contributed by atoms with Crippen LogP contribution in [0.2, 0.25) is 5.02 Å². The lowest BCUT2D eigenvalue weighted by Gasteiger charge is -2.14. The number of hydrogen-bond donors (Lipinski definition) is 1. The highest BCUT2D eigenvalue weighted by molar-refractivity contribution is 6.31. The Balaban J connectivity index is 2.02. The maximum absolute atomic E-state index is 13.3. The molecule has 2 rings (SSSR count). The first-order chi connectivity index (χ1) is 8.68. The van der Waals surface area contributed by atoms with Crippen molar-refractivity contribution in [1.29, 1.82) is 0 Å². The highest BCUT2D eigenvalue weighted by Crippen LogP contribution is 2.20. The summed E-state index contributed by atoms with van der Waals surface area (Å²) in [6.45, 7) is 2.52. The fourth-order valence-electron chi connectivity index (χ4n) is 1.68. The summed E-state index contributed by atoms with van der Waals surface area (Å²) >= 11 is 5.89. The Morgan fingerprint density at radius 3 is 2.83 bits per heavy atom. The average Bonchev–Trinajstić information content (AvgIpc) is 2.41. The SMILES string of the molecule is CC(NCc1cccc(F)c1Cl)c1ccccn1. The largest absolute Gasteiger partial charge is 0.305 e. The number of rotatable bonds is 4. The molecule has 0 saturated heterocycles. The first-order valence-corrected chi connectivity index (χ1v) is 6.13. The van der Waals surface area contributed by atoms with Crippen molar-refractivity contribution in [1.82, 2.24) is 10.3 Å². The molecule has 2 aromatic rings. The van der Waals surface area contributed by atoms with Crippen molar-refractivity contribution in [3.63, 3.8) is 0 Å². The van der Waals surface area contributed by atoms with E-state index in [2.05, 4.69) is 10.3 Å². The molecule has 1 heterocycles. The molecule has 0 aliphatic heterocycles. The van der Waals surface area contributed by atoms with Crippen molar-refractivity contribution in [3.05, 3.63) is 64.7 Å². The van der Waals surface area contributed by atoms with Gasteiger partial charge in [-0.2, -0.15) is 0 Å². The molecule has 1 unspecified atom stereocenters. The summed E-state index contributed by atoms with van der Waals surface area (Å²) in [6.07, 6.45) is 1.75. The summed E-state index contributed by atoms with van der Waals surface area (Å²) in [4.78, 5) is 4.26. The molecule has 0 bridgehead atoms. The Labute approximate surface area is 111 Å². The fourth-order valence-corrected chi connectivity index (χ4v) is 1.88. The van der Waals surface area contributed by atoms with Gasteiger partial charge in [0.25, 0.3) is 0 Å². The van der Waals surface area contributed by atoms with E-state index < -0.39 is 0 Å². The first kappa shape index (κ1) is 13.0. The summed E-state index contributed by atoms with van der Waals surface area (Å²) in [7, 11) is 0. The highest BCUT2D eigenvalue weighted by Gasteiger charge is 2.09. The molecule has 1 atom stereocenters. The number of nitrogens with zero attached hydrogens (tertiary/aromatic N) is 1. The Hall–Kier alpha value is -1.45. The van der Waals surface area contributed by atoms with E-state index in [4.69, 9.17) is 11.6 Å². The van der Waals surface area contributed by atoms with Crippen LogP contribution in [0, 0.1) is 5.82 Å². The Morgan fingerprint density at radius 1 is 1.28 bits per heavy atom. The van der Waals surface area contributed by atoms with E-state index in [0.29, 0.717) is 6.54 Å². The number of nitrogens with one attached hydrogen (secondary N) is 1. The molecule has 1 aromatic carbocycles. The van der Waals surface area contributed by atoms with Crippen molar-refractivity contribution in [2.75, 3.05) is 0 Å². The van der Waals surface area contributed by atoms with E-state index in [1.165, 1.54) is 6.07 Å². The summed E-state index contributed by atoms with van der Waals surface area (Å²) < 4.78 is 13.3. The third kappa shape index (κ3) is 3.06. The lowest BCUT2D eigenvalue weighted by molar-refractivity contribution is 0.557. The standard InChI is InChI=1S/C14H14ClFN2/c1-10(13-7-2-3-8-17-13)18-9-11-5-4-6-12(16)14(11)15/h2-8,10,18H,9H2,1H3. The molecule has 0 aliphatic carbocycles. The number of hydrogen-bond acceptors (Lipinski definition) is 2. The van der Waals surface area contributed by atoms with Crippen LogP contribution in [0.5, 0.6) is 0 Å². The molecule has 0 amide bonds. The van der Waals surface area contributed by atoms with E-state index in [-0.39, 0.29) is 16.9 Å². The van der Waals surface area contributed by atoms with Crippen molar-refractivity contribution in [2.24, 2.45) is 0 Å². The van der Waals surface area contributed by atoms with E-state index in [0.717, 1.165) is 11.3 Å². The van der Waals surface area contributed by atoms with Gasteiger partial charge in [-0.15, -0.1) is 0 Å². The molecule has 1 aromatic heterocycles. The fraction of sp³-hybridized carbons (Fsp3) is 0.214. The van der Waals surface area contributed by atoms with Gasteiger partial charge in [0.15, 0.2) is 0 Å². The second-order valence-corrected chi connectivity index (χ2v) is 4.45. The average molecular weight is 265 g/mol. The summed E-state index contributed by atoms with van der Waals surface area (Å²) in [5, 5.41) is 3.45. The van der Waals surface area contributed by atoms with E-state index in [1.54, 1.807) is 12.3 Å². The van der Waals surface area contributed by atoms with Crippen LogP contribution in [0.15, 0.2) is 42.6 Å². The van der Waals surface area contributed by atoms with E-state index in [1.807, 2.05) is 31.2 Å². The predicted molar refractivity (Wildman–Crippen MR) is 70.9 cm³/mol. The maximum Gasteiger partial charge on any atom is 0.142 e. The van der Waals surface area contributed by atoms with Crippen LogP contribution in [-0.2, 0) is 6.54 Å². The van der Waals surface area contributed by atoms with Crippen LogP contribution in [-0.4, -0.2) is 4.98 Å². The molecule has 2 nitrogen and oxygen atoms in total. The molecule has 18 heavy (non-hydrogen) atoms. The lowest BCUT2D eigenvalue weighted by atomic mass is 10.1. The second kappa shape index (κ2) is 5.94. The smallest absolute Gasteiger partial charge is 0.142 e. The van der Waals surface area contributed by atoms with E-state index >= 15 is 0 Å². The Morgan fingerprint density at radius 2 is 2.11 bits per heavy atom. The lowest BCUT2D eigenvalue weighted by Crippen LogP contribution is -2.19. The number of pyridine rings is 1. The van der Waals surface area contributed by atoms with Gasteiger partial charge in [-0.25, -0.2) is 4.39 Å². The van der Waals surface area contributed by atoms with Gasteiger partial charge in [-0.3, -0.25) is 4.98 Å². The first-order valence-electron chi connectivity index (χ1n) is 5.75. The van der Waals surface area contributed by atoms with Gasteiger partial charge >= 0.3 is 0 Å². The van der Waals surface area contributed by atoms with Gasteiger partial charge in [0, 0.05) is 18.8 Å². The van der Waals surface area contributed by atoms with Crippen molar-refractivity contribution in [3.8, 4) is 0 Å². The van der Waals surface area contributed by atoms with Crippen LogP contribution in [0.25, 0.3) is 0 Å². The van der Waals surface area contributed by atoms with Crippen LogP contribution < -0.4 is 5.32 Å². The molecule has 0 aliphatic rings. The summed E-state index contributed by atoms with van der Waals surface area (Å²) in [5.41, 5.74) is 1.70. The third-order valence-electron chi connectivity index (χ3n) is 2.76. The van der Waals surface area contributed by atoms with Gasteiger partial charge < -0.3 is 5.32 Å². The molecule has 0 fully saturated rings. The second-order valence-electron chi connectivity index (χ2n) is 4.07. The number of benzene rings is 1. The third-order valence-corrected chi connectivity index (χ3v) is 3.18. The topological polar surface area (TPSA) is 24.9 Å². The Bertz CT molecular complexity index is 516. The van der Waals surface area contributed by atoms with Gasteiger partial charge in [0.05, 0.1) is 10.7 Å². The van der Waals surface area contributed by atoms with Crippen molar-refractivity contribution in [2.45, 2.75) is 19.5 Å². The summed E-state index contributed by atoms with van der Waals surface area (Å²) in [6, 6.07) is 10.7. The zero-order valence-corrected chi connectivity index (χ0v) is 10.8. The van der Waals surface area contributed by atoms with Gasteiger partial charge in [-0.05, 0) is 30.7 Å². The van der Waals surface area contributed by atoms with Gasteiger partial charge in [0.1, 0.15) is 5.82 Å². The highest BCUT2D eigenvalue weighted by atomic mass is 35.5. The normalized spacial score (nSPS) is 12.4. The van der Waals surface area contributed by atoms with Crippen LogP contribution >= 0.6 is 11.6 Å². The molecule has 0 spiro atoms. The van der Waals surface area contributed by atoms with Gasteiger partial charge in [0.2, 0.25) is 0 Å². The van der Waals surface area contributed by atoms with Crippen LogP contribution in [0.4, 0.5) is 4.39 Å². The number of aromatic nitrogens is 1. The Kier molecular flexibility index (Phi) is 4.28. The monoisotopic (exact) mass is 264 g/mol. The molecular formula is C14H14ClFN2. The molecule has 4 heteroatoms. The minimum atomic E-state index is -0.388. The van der Waals surface area contributed by atoms with E-state index in [9.17, 15) is 4.39 Å². The quantitative estimate of drug-likeness (QED) is 0.910. The molecule has 1 N–H and O–H groups in total. The van der Waals surface area contributed by atoms with Crippen molar-refractivity contribution < 1.29 is 4.39 Å². The predicted octanol–water partition coefficient (Wildman–Crippen LogP) is 3.72. The van der Waals surface area contributed by atoms with Crippen molar-refractivity contribution >= 4 is 11.6 Å². The minimum absolute atomic E-state index is 0.0885. The van der Waals surface area contributed by atoms with Gasteiger partial charge in [-0.1, -0.05) is 29.8 Å². The molecular weight excluding hydrogens is 251 g/mol.